The molecule has 5 nitrogen and oxygen atoms in total. The van der Waals surface area contributed by atoms with Gasteiger partial charge in [-0.25, -0.2) is 0 Å². The molecule has 0 saturated carbocycles. The first-order chi connectivity index (χ1) is 14.4. The fraction of sp³-hybridized carbons (Fsp3) is 0.0909. The SMILES string of the molecule is COc1ccc(Cl)c(/C(O)=C2/C(=O)C(=O)N(c3cccc(Cl)c3)C2c2cccs2)c1. The van der Waals surface area contributed by atoms with E-state index in [1.165, 1.54) is 29.4 Å². The molecule has 8 heteroatoms. The predicted octanol–water partition coefficient (Wildman–Crippen LogP) is 5.69. The highest BCUT2D eigenvalue weighted by Crippen LogP contribution is 2.44. The second-order valence-corrected chi connectivity index (χ2v) is 8.33. The van der Waals surface area contributed by atoms with Gasteiger partial charge in [0.2, 0.25) is 0 Å². The molecule has 152 valence electrons. The van der Waals surface area contributed by atoms with E-state index in [0.29, 0.717) is 16.5 Å². The zero-order chi connectivity index (χ0) is 21.4. The van der Waals surface area contributed by atoms with Gasteiger partial charge in [0.05, 0.1) is 17.7 Å². The Balaban J connectivity index is 1.96. The molecule has 1 amide bonds. The van der Waals surface area contributed by atoms with E-state index in [0.717, 1.165) is 4.88 Å². The summed E-state index contributed by atoms with van der Waals surface area (Å²) in [6, 6.07) is 14.2. The minimum absolute atomic E-state index is 0.0439. The molecule has 3 aromatic rings. The monoisotopic (exact) mass is 459 g/mol. The first-order valence-electron chi connectivity index (χ1n) is 8.86. The summed E-state index contributed by atoms with van der Waals surface area (Å²) in [4.78, 5) is 28.1. The molecule has 1 fully saturated rings. The van der Waals surface area contributed by atoms with Crippen LogP contribution in [0.2, 0.25) is 10.0 Å². The highest BCUT2D eigenvalue weighted by molar-refractivity contribution is 7.10. The number of thiophene rings is 1. The lowest BCUT2D eigenvalue weighted by Crippen LogP contribution is -2.29. The number of methoxy groups -OCH3 is 1. The summed E-state index contributed by atoms with van der Waals surface area (Å²) in [6.45, 7) is 0. The molecular formula is C22H15Cl2NO4S. The van der Waals surface area contributed by atoms with Crippen LogP contribution in [-0.2, 0) is 9.59 Å². The molecule has 1 N–H and O–H groups in total. The fourth-order valence-corrected chi connectivity index (χ4v) is 4.61. The Hall–Kier alpha value is -2.80. The van der Waals surface area contributed by atoms with Crippen LogP contribution in [0.5, 0.6) is 5.75 Å². The Labute approximate surface area is 186 Å². The summed E-state index contributed by atoms with van der Waals surface area (Å²) in [5.41, 5.74) is 0.623. The molecule has 2 heterocycles. The van der Waals surface area contributed by atoms with Crippen LogP contribution in [-0.4, -0.2) is 23.9 Å². The third kappa shape index (κ3) is 3.47. The van der Waals surface area contributed by atoms with Crippen molar-refractivity contribution in [1.29, 1.82) is 0 Å². The molecule has 2 aromatic carbocycles. The molecule has 0 spiro atoms. The molecule has 1 aromatic heterocycles. The third-order valence-corrected chi connectivity index (χ3v) is 6.26. The van der Waals surface area contributed by atoms with Crippen LogP contribution in [0, 0.1) is 0 Å². The van der Waals surface area contributed by atoms with Gasteiger partial charge in [0.15, 0.2) is 0 Å². The van der Waals surface area contributed by atoms with Gasteiger partial charge in [-0.15, -0.1) is 11.3 Å². The molecule has 1 aliphatic heterocycles. The number of hydrogen-bond acceptors (Lipinski definition) is 5. The van der Waals surface area contributed by atoms with Gasteiger partial charge in [0.1, 0.15) is 17.6 Å². The largest absolute Gasteiger partial charge is 0.507 e. The van der Waals surface area contributed by atoms with Gasteiger partial charge in [-0.3, -0.25) is 14.5 Å². The van der Waals surface area contributed by atoms with Crippen LogP contribution in [0.15, 0.2) is 65.6 Å². The topological polar surface area (TPSA) is 66.8 Å². The van der Waals surface area contributed by atoms with Crippen molar-refractivity contribution in [3.8, 4) is 5.75 Å². The van der Waals surface area contributed by atoms with Gasteiger partial charge in [-0.05, 0) is 47.8 Å². The predicted molar refractivity (Wildman–Crippen MR) is 119 cm³/mol. The first kappa shape index (κ1) is 20.5. The highest BCUT2D eigenvalue weighted by atomic mass is 35.5. The van der Waals surface area contributed by atoms with Crippen molar-refractivity contribution in [2.24, 2.45) is 0 Å². The number of halogens is 2. The quantitative estimate of drug-likeness (QED) is 0.309. The number of carbonyl (C=O) groups excluding carboxylic acids is 2. The average molecular weight is 460 g/mol. The van der Waals surface area contributed by atoms with E-state index < -0.39 is 17.7 Å². The molecule has 1 atom stereocenters. The molecule has 0 aliphatic carbocycles. The summed E-state index contributed by atoms with van der Waals surface area (Å²) in [5.74, 6) is -1.46. The van der Waals surface area contributed by atoms with Crippen molar-refractivity contribution in [1.82, 2.24) is 0 Å². The molecular weight excluding hydrogens is 445 g/mol. The third-order valence-electron chi connectivity index (χ3n) is 4.77. The summed E-state index contributed by atoms with van der Waals surface area (Å²) in [5, 5.41) is 13.6. The maximum atomic E-state index is 13.0. The molecule has 1 saturated heterocycles. The van der Waals surface area contributed by atoms with E-state index >= 15 is 0 Å². The van der Waals surface area contributed by atoms with Gasteiger partial charge < -0.3 is 9.84 Å². The molecule has 0 radical (unpaired) electrons. The summed E-state index contributed by atoms with van der Waals surface area (Å²) in [6.07, 6.45) is 0. The van der Waals surface area contributed by atoms with E-state index in [9.17, 15) is 14.7 Å². The van der Waals surface area contributed by atoms with Crippen LogP contribution in [0.4, 0.5) is 5.69 Å². The van der Waals surface area contributed by atoms with E-state index in [1.54, 1.807) is 42.5 Å². The van der Waals surface area contributed by atoms with Crippen LogP contribution in [0.1, 0.15) is 16.5 Å². The lowest BCUT2D eigenvalue weighted by atomic mass is 9.99. The molecule has 0 bridgehead atoms. The average Bonchev–Trinajstić information content (AvgIpc) is 3.35. The zero-order valence-corrected chi connectivity index (χ0v) is 18.0. The molecule has 1 unspecified atom stereocenters. The number of Topliss-reactive ketones (excluding diaryl/α,β-unsaturated/α-hetero) is 1. The number of ketones is 1. The van der Waals surface area contributed by atoms with Crippen molar-refractivity contribution in [2.45, 2.75) is 6.04 Å². The van der Waals surface area contributed by atoms with Crippen LogP contribution < -0.4 is 9.64 Å². The fourth-order valence-electron chi connectivity index (χ4n) is 3.40. The smallest absolute Gasteiger partial charge is 0.300 e. The Bertz CT molecular complexity index is 1170. The Morgan fingerprint density at radius 1 is 1.10 bits per heavy atom. The van der Waals surface area contributed by atoms with Gasteiger partial charge in [0.25, 0.3) is 11.7 Å². The summed E-state index contributed by atoms with van der Waals surface area (Å²) >= 11 is 13.8. The van der Waals surface area contributed by atoms with E-state index in [2.05, 4.69) is 0 Å². The van der Waals surface area contributed by atoms with Crippen molar-refractivity contribution < 1.29 is 19.4 Å². The summed E-state index contributed by atoms with van der Waals surface area (Å²) < 4.78 is 5.21. The highest BCUT2D eigenvalue weighted by Gasteiger charge is 2.47. The van der Waals surface area contributed by atoms with Crippen molar-refractivity contribution in [3.63, 3.8) is 0 Å². The van der Waals surface area contributed by atoms with Gasteiger partial charge in [-0.2, -0.15) is 0 Å². The normalized spacial score (nSPS) is 18.1. The first-order valence-corrected chi connectivity index (χ1v) is 10.5. The number of carbonyl (C=O) groups is 2. The van der Waals surface area contributed by atoms with Gasteiger partial charge >= 0.3 is 0 Å². The number of anilines is 1. The van der Waals surface area contributed by atoms with E-state index in [-0.39, 0.29) is 21.9 Å². The van der Waals surface area contributed by atoms with Gasteiger partial charge in [-0.1, -0.05) is 35.3 Å². The number of aliphatic hydroxyl groups is 1. The van der Waals surface area contributed by atoms with Crippen molar-refractivity contribution >= 4 is 57.7 Å². The summed E-state index contributed by atoms with van der Waals surface area (Å²) in [7, 11) is 1.48. The number of rotatable bonds is 4. The molecule has 1 aliphatic rings. The minimum Gasteiger partial charge on any atom is -0.507 e. The maximum Gasteiger partial charge on any atom is 0.300 e. The molecule has 4 rings (SSSR count). The van der Waals surface area contributed by atoms with Crippen LogP contribution in [0.25, 0.3) is 5.76 Å². The van der Waals surface area contributed by atoms with Crippen LogP contribution >= 0.6 is 34.5 Å². The lowest BCUT2D eigenvalue weighted by molar-refractivity contribution is -0.132. The van der Waals surface area contributed by atoms with Crippen molar-refractivity contribution in [2.75, 3.05) is 12.0 Å². The molecule has 30 heavy (non-hydrogen) atoms. The lowest BCUT2D eigenvalue weighted by Gasteiger charge is -2.24. The van der Waals surface area contributed by atoms with E-state index in [1.807, 2.05) is 11.4 Å². The zero-order valence-electron chi connectivity index (χ0n) is 15.6. The second kappa shape index (κ2) is 8.14. The second-order valence-electron chi connectivity index (χ2n) is 6.51. The Morgan fingerprint density at radius 3 is 2.57 bits per heavy atom. The van der Waals surface area contributed by atoms with Crippen LogP contribution in [0.3, 0.4) is 0 Å². The number of ether oxygens (including phenoxy) is 1. The Kier molecular flexibility index (Phi) is 5.56. The maximum absolute atomic E-state index is 13.0. The number of aliphatic hydroxyl groups excluding tert-OH is 1. The van der Waals surface area contributed by atoms with Crippen molar-refractivity contribution in [3.05, 3.63) is 86.0 Å². The number of hydrogen-bond donors (Lipinski definition) is 1. The Morgan fingerprint density at radius 2 is 1.90 bits per heavy atom. The van der Waals surface area contributed by atoms with E-state index in [4.69, 9.17) is 27.9 Å². The number of benzene rings is 2. The minimum atomic E-state index is -0.814. The number of nitrogens with zero attached hydrogens (tertiary/aromatic N) is 1. The standard InChI is InChI=1S/C22H15Cl2NO4S/c1-29-14-7-8-16(24)15(11-14)20(26)18-19(17-6-3-9-30-17)25(22(28)21(18)27)13-5-2-4-12(23)10-13/h2-11,19,26H,1H3/b20-18-. The van der Waals surface area contributed by atoms with Gasteiger partial charge in [0, 0.05) is 21.2 Å². The number of amides is 1.